The number of hydrogen-bond donors (Lipinski definition) is 0. The molecule has 0 unspecified atom stereocenters. The van der Waals surface area contributed by atoms with E-state index in [4.69, 9.17) is 4.74 Å². The summed E-state index contributed by atoms with van der Waals surface area (Å²) in [6.07, 6.45) is 0. The highest BCUT2D eigenvalue weighted by molar-refractivity contribution is 5.76. The fraction of sp³-hybridized carbons (Fsp3) is 0.471. The van der Waals surface area contributed by atoms with E-state index in [1.54, 1.807) is 21.1 Å². The van der Waals surface area contributed by atoms with E-state index in [2.05, 4.69) is 11.6 Å². The average molecular weight is 345 g/mol. The van der Waals surface area contributed by atoms with E-state index < -0.39 is 0 Å². The standard InChI is InChI=1S/C17H23N5O3/c1-10(2)9-21-15(23)13-14(19(5)17(21)24)18-16-20(7-8-25-6)11(3)12(4)22(13)16/h1,7-9H2,2-6H3. The highest BCUT2D eigenvalue weighted by atomic mass is 16.5. The Kier molecular flexibility index (Phi) is 4.16. The molecule has 0 saturated heterocycles. The van der Waals surface area contributed by atoms with Crippen molar-refractivity contribution < 1.29 is 4.74 Å². The van der Waals surface area contributed by atoms with Gasteiger partial charge in [0, 0.05) is 32.1 Å². The Hall–Kier alpha value is -2.61. The number of nitrogens with zero attached hydrogens (tertiary/aromatic N) is 5. The number of aryl methyl sites for hydroxylation is 2. The highest BCUT2D eigenvalue weighted by Gasteiger charge is 2.22. The van der Waals surface area contributed by atoms with Crippen molar-refractivity contribution in [2.75, 3.05) is 13.7 Å². The SMILES string of the molecule is C=C(C)Cn1c(=O)c2c(nc3n(CCOC)c(C)c(C)n23)n(C)c1=O. The summed E-state index contributed by atoms with van der Waals surface area (Å²) in [5.41, 5.74) is 2.74. The summed E-state index contributed by atoms with van der Waals surface area (Å²) in [4.78, 5) is 30.2. The third-order valence-electron chi connectivity index (χ3n) is 4.58. The van der Waals surface area contributed by atoms with Crippen molar-refractivity contribution in [3.8, 4) is 0 Å². The van der Waals surface area contributed by atoms with Crippen LogP contribution in [-0.4, -0.2) is 36.8 Å². The van der Waals surface area contributed by atoms with Gasteiger partial charge in [0.2, 0.25) is 5.78 Å². The molecule has 25 heavy (non-hydrogen) atoms. The van der Waals surface area contributed by atoms with Gasteiger partial charge in [-0.15, -0.1) is 0 Å². The van der Waals surface area contributed by atoms with Crippen LogP contribution in [0, 0.1) is 13.8 Å². The van der Waals surface area contributed by atoms with Gasteiger partial charge in [0.1, 0.15) is 0 Å². The Morgan fingerprint density at radius 2 is 1.88 bits per heavy atom. The van der Waals surface area contributed by atoms with E-state index in [1.807, 2.05) is 22.8 Å². The molecule has 3 rings (SSSR count). The Morgan fingerprint density at radius 3 is 2.48 bits per heavy atom. The molecule has 3 aromatic heterocycles. The molecule has 0 radical (unpaired) electrons. The van der Waals surface area contributed by atoms with Crippen LogP contribution in [0.15, 0.2) is 21.7 Å². The molecule has 0 amide bonds. The Balaban J connectivity index is 2.46. The predicted octanol–water partition coefficient (Wildman–Crippen LogP) is 0.989. The van der Waals surface area contributed by atoms with Crippen LogP contribution < -0.4 is 11.2 Å². The molecule has 8 heteroatoms. The van der Waals surface area contributed by atoms with Gasteiger partial charge in [-0.25, -0.2) is 4.79 Å². The van der Waals surface area contributed by atoms with Crippen LogP contribution in [0.5, 0.6) is 0 Å². The van der Waals surface area contributed by atoms with E-state index in [0.717, 1.165) is 17.0 Å². The molecule has 0 atom stereocenters. The van der Waals surface area contributed by atoms with E-state index in [-0.39, 0.29) is 17.8 Å². The normalized spacial score (nSPS) is 11.7. The van der Waals surface area contributed by atoms with Gasteiger partial charge < -0.3 is 9.30 Å². The van der Waals surface area contributed by atoms with Gasteiger partial charge in [0.15, 0.2) is 11.2 Å². The Labute approximate surface area is 144 Å². The lowest BCUT2D eigenvalue weighted by atomic mass is 10.3. The molecule has 0 aliphatic carbocycles. The molecule has 0 saturated carbocycles. The quantitative estimate of drug-likeness (QED) is 0.646. The van der Waals surface area contributed by atoms with Crippen LogP contribution in [0.4, 0.5) is 0 Å². The van der Waals surface area contributed by atoms with Crippen molar-refractivity contribution in [2.24, 2.45) is 7.05 Å². The summed E-state index contributed by atoms with van der Waals surface area (Å²) in [6, 6.07) is 0. The molecule has 134 valence electrons. The molecule has 0 spiro atoms. The summed E-state index contributed by atoms with van der Waals surface area (Å²) < 4.78 is 11.6. The first-order chi connectivity index (χ1) is 11.8. The van der Waals surface area contributed by atoms with Crippen LogP contribution in [0.25, 0.3) is 16.9 Å². The molecular weight excluding hydrogens is 322 g/mol. The topological polar surface area (TPSA) is 75.5 Å². The fourth-order valence-electron chi connectivity index (χ4n) is 3.17. The summed E-state index contributed by atoms with van der Waals surface area (Å²) in [6.45, 7) is 10.9. The van der Waals surface area contributed by atoms with E-state index >= 15 is 0 Å². The average Bonchev–Trinajstić information content (AvgIpc) is 3.05. The summed E-state index contributed by atoms with van der Waals surface area (Å²) in [5, 5.41) is 0. The number of methoxy groups -OCH3 is 1. The molecule has 0 N–H and O–H groups in total. The summed E-state index contributed by atoms with van der Waals surface area (Å²) in [7, 11) is 3.28. The number of rotatable bonds is 5. The van der Waals surface area contributed by atoms with E-state index in [1.165, 1.54) is 9.13 Å². The first kappa shape index (κ1) is 17.2. The van der Waals surface area contributed by atoms with Crippen molar-refractivity contribution >= 4 is 16.9 Å². The largest absolute Gasteiger partial charge is 0.383 e. The maximum atomic E-state index is 13.0. The number of imidazole rings is 2. The second-order valence-corrected chi connectivity index (χ2v) is 6.42. The monoisotopic (exact) mass is 345 g/mol. The molecule has 0 aliphatic heterocycles. The van der Waals surface area contributed by atoms with Gasteiger partial charge >= 0.3 is 5.69 Å². The second-order valence-electron chi connectivity index (χ2n) is 6.42. The molecule has 0 aliphatic rings. The fourth-order valence-corrected chi connectivity index (χ4v) is 3.17. The van der Waals surface area contributed by atoms with Gasteiger partial charge in [0.25, 0.3) is 5.56 Å². The predicted molar refractivity (Wildman–Crippen MR) is 96.4 cm³/mol. The van der Waals surface area contributed by atoms with E-state index in [9.17, 15) is 9.59 Å². The Bertz CT molecular complexity index is 1110. The number of aromatic nitrogens is 5. The zero-order valence-electron chi connectivity index (χ0n) is 15.3. The molecule has 0 fully saturated rings. The van der Waals surface area contributed by atoms with Crippen LogP contribution in [0.2, 0.25) is 0 Å². The van der Waals surface area contributed by atoms with Crippen molar-refractivity contribution in [3.05, 3.63) is 44.4 Å². The highest BCUT2D eigenvalue weighted by Crippen LogP contribution is 2.20. The molecule has 0 aromatic carbocycles. The van der Waals surface area contributed by atoms with Crippen molar-refractivity contribution in [1.82, 2.24) is 23.1 Å². The molecular formula is C17H23N5O3. The minimum absolute atomic E-state index is 0.192. The van der Waals surface area contributed by atoms with Crippen LogP contribution in [0.1, 0.15) is 18.3 Å². The maximum Gasteiger partial charge on any atom is 0.332 e. The summed E-state index contributed by atoms with van der Waals surface area (Å²) in [5.74, 6) is 0.641. The third-order valence-corrected chi connectivity index (χ3v) is 4.58. The number of allylic oxidation sites excluding steroid dienone is 1. The number of fused-ring (bicyclic) bond motifs is 3. The first-order valence-electron chi connectivity index (χ1n) is 8.10. The smallest absolute Gasteiger partial charge is 0.332 e. The lowest BCUT2D eigenvalue weighted by Gasteiger charge is -2.08. The minimum atomic E-state index is -0.390. The lowest BCUT2D eigenvalue weighted by Crippen LogP contribution is -2.39. The van der Waals surface area contributed by atoms with Gasteiger partial charge in [-0.1, -0.05) is 12.2 Å². The molecule has 8 nitrogen and oxygen atoms in total. The second kappa shape index (κ2) is 6.03. The van der Waals surface area contributed by atoms with Crippen LogP contribution in [-0.2, 0) is 24.9 Å². The maximum absolute atomic E-state index is 13.0. The van der Waals surface area contributed by atoms with Gasteiger partial charge in [-0.05, 0) is 20.8 Å². The van der Waals surface area contributed by atoms with E-state index in [0.29, 0.717) is 30.1 Å². The molecule has 3 aromatic rings. The van der Waals surface area contributed by atoms with Gasteiger partial charge in [-0.2, -0.15) is 4.98 Å². The van der Waals surface area contributed by atoms with Crippen molar-refractivity contribution in [2.45, 2.75) is 33.9 Å². The first-order valence-corrected chi connectivity index (χ1v) is 8.10. The zero-order chi connectivity index (χ0) is 18.5. The van der Waals surface area contributed by atoms with Crippen molar-refractivity contribution in [3.63, 3.8) is 0 Å². The summed E-state index contributed by atoms with van der Waals surface area (Å²) >= 11 is 0. The number of ether oxygens (including phenoxy) is 1. The lowest BCUT2D eigenvalue weighted by molar-refractivity contribution is 0.187. The zero-order valence-corrected chi connectivity index (χ0v) is 15.3. The molecule has 0 bridgehead atoms. The Morgan fingerprint density at radius 1 is 1.20 bits per heavy atom. The third kappa shape index (κ3) is 2.44. The van der Waals surface area contributed by atoms with Crippen molar-refractivity contribution in [1.29, 1.82) is 0 Å². The van der Waals surface area contributed by atoms with Crippen LogP contribution in [0.3, 0.4) is 0 Å². The molecule has 3 heterocycles. The number of hydrogen-bond acceptors (Lipinski definition) is 4. The minimum Gasteiger partial charge on any atom is -0.383 e. The van der Waals surface area contributed by atoms with Gasteiger partial charge in [-0.3, -0.25) is 18.3 Å². The van der Waals surface area contributed by atoms with Gasteiger partial charge in [0.05, 0.1) is 13.2 Å². The van der Waals surface area contributed by atoms with Crippen LogP contribution >= 0.6 is 0 Å².